The van der Waals surface area contributed by atoms with Crippen LogP contribution in [0.1, 0.15) is 26.2 Å². The minimum atomic E-state index is 0.376. The smallest absolute Gasteiger partial charge is 0.166 e. The van der Waals surface area contributed by atoms with Gasteiger partial charge in [0.1, 0.15) is 5.75 Å². The molecule has 1 aromatic carbocycles. The Hall–Kier alpha value is -1.20. The van der Waals surface area contributed by atoms with Crippen molar-refractivity contribution in [1.82, 2.24) is 9.97 Å². The topological polar surface area (TPSA) is 47.1 Å². The maximum absolute atomic E-state index is 5.74. The van der Waals surface area contributed by atoms with Crippen molar-refractivity contribution in [3.05, 3.63) is 18.2 Å². The first kappa shape index (κ1) is 13.8. The van der Waals surface area contributed by atoms with Gasteiger partial charge >= 0.3 is 0 Å². The van der Waals surface area contributed by atoms with Crippen LogP contribution in [0.4, 0.5) is 0 Å². The van der Waals surface area contributed by atoms with Gasteiger partial charge in [0, 0.05) is 18.4 Å². The van der Waals surface area contributed by atoms with Gasteiger partial charge in [-0.2, -0.15) is 0 Å². The second-order valence-electron chi connectivity index (χ2n) is 4.95. The summed E-state index contributed by atoms with van der Waals surface area (Å²) < 4.78 is 11.2. The number of fused-ring (bicyclic) bond motifs is 1. The lowest BCUT2D eigenvalue weighted by Gasteiger charge is -2.21. The molecule has 0 radical (unpaired) electrons. The summed E-state index contributed by atoms with van der Waals surface area (Å²) in [6.07, 6.45) is 4.03. The highest BCUT2D eigenvalue weighted by atomic mass is 32.2. The van der Waals surface area contributed by atoms with Gasteiger partial charge in [0.25, 0.3) is 0 Å². The van der Waals surface area contributed by atoms with Crippen LogP contribution in [0.15, 0.2) is 23.4 Å². The fourth-order valence-electron chi connectivity index (χ4n) is 2.40. The third-order valence-electron chi connectivity index (χ3n) is 3.42. The molecule has 1 fully saturated rings. The van der Waals surface area contributed by atoms with E-state index in [1.54, 1.807) is 11.8 Å². The Morgan fingerprint density at radius 2 is 2.40 bits per heavy atom. The quantitative estimate of drug-likeness (QED) is 0.855. The standard InChI is InChI=1S/C15H20N2O2S/c1-2-18-11-6-7-13-14(9-11)17-15(16-13)20-10-12-5-3-4-8-19-12/h6-7,9,12H,2-5,8,10H2,1H3,(H,16,17)/t12-/m1/s1. The van der Waals surface area contributed by atoms with E-state index in [0.29, 0.717) is 12.7 Å². The number of ether oxygens (including phenoxy) is 2. The number of thioether (sulfide) groups is 1. The number of hydrogen-bond acceptors (Lipinski definition) is 4. The lowest BCUT2D eigenvalue weighted by molar-refractivity contribution is 0.0315. The Bertz CT molecular complexity index is 564. The molecule has 3 rings (SSSR count). The molecule has 0 amide bonds. The molecule has 2 heterocycles. The molecular formula is C15H20N2O2S. The van der Waals surface area contributed by atoms with E-state index >= 15 is 0 Å². The van der Waals surface area contributed by atoms with E-state index in [9.17, 15) is 0 Å². The van der Waals surface area contributed by atoms with Crippen molar-refractivity contribution in [2.24, 2.45) is 0 Å². The molecule has 5 heteroatoms. The van der Waals surface area contributed by atoms with Crippen molar-refractivity contribution in [1.29, 1.82) is 0 Å². The Morgan fingerprint density at radius 1 is 1.45 bits per heavy atom. The molecule has 108 valence electrons. The highest BCUT2D eigenvalue weighted by Gasteiger charge is 2.15. The molecule has 1 N–H and O–H groups in total. The summed E-state index contributed by atoms with van der Waals surface area (Å²) in [5.74, 6) is 1.86. The summed E-state index contributed by atoms with van der Waals surface area (Å²) in [6.45, 7) is 3.58. The highest BCUT2D eigenvalue weighted by molar-refractivity contribution is 7.99. The minimum absolute atomic E-state index is 0.376. The summed E-state index contributed by atoms with van der Waals surface area (Å²) in [5.41, 5.74) is 2.02. The van der Waals surface area contributed by atoms with Crippen LogP contribution in [0.25, 0.3) is 11.0 Å². The number of rotatable bonds is 5. The van der Waals surface area contributed by atoms with Crippen molar-refractivity contribution in [2.75, 3.05) is 19.0 Å². The first-order chi connectivity index (χ1) is 9.85. The zero-order chi connectivity index (χ0) is 13.8. The lowest BCUT2D eigenvalue weighted by atomic mass is 10.1. The Kier molecular flexibility index (Phi) is 4.47. The third kappa shape index (κ3) is 3.27. The van der Waals surface area contributed by atoms with E-state index in [2.05, 4.69) is 9.97 Å². The fraction of sp³-hybridized carbons (Fsp3) is 0.533. The third-order valence-corrected chi connectivity index (χ3v) is 4.43. The largest absolute Gasteiger partial charge is 0.494 e. The molecule has 0 unspecified atom stereocenters. The van der Waals surface area contributed by atoms with Gasteiger partial charge in [-0.1, -0.05) is 11.8 Å². The number of H-pyrrole nitrogens is 1. The summed E-state index contributed by atoms with van der Waals surface area (Å²) >= 11 is 1.74. The predicted molar refractivity (Wildman–Crippen MR) is 81.6 cm³/mol. The molecule has 4 nitrogen and oxygen atoms in total. The molecule has 2 aromatic rings. The van der Waals surface area contributed by atoms with E-state index in [-0.39, 0.29) is 0 Å². The van der Waals surface area contributed by atoms with Crippen molar-refractivity contribution >= 4 is 22.8 Å². The Balaban J connectivity index is 1.65. The van der Waals surface area contributed by atoms with Gasteiger partial charge in [0.15, 0.2) is 5.16 Å². The molecule has 1 aliphatic heterocycles. The van der Waals surface area contributed by atoms with Crippen molar-refractivity contribution < 1.29 is 9.47 Å². The maximum Gasteiger partial charge on any atom is 0.166 e. The zero-order valence-corrected chi connectivity index (χ0v) is 12.5. The van der Waals surface area contributed by atoms with Gasteiger partial charge in [-0.15, -0.1) is 0 Å². The predicted octanol–water partition coefficient (Wildman–Crippen LogP) is 3.62. The van der Waals surface area contributed by atoms with Crippen LogP contribution in [0.3, 0.4) is 0 Å². The molecule has 0 aliphatic carbocycles. The molecule has 0 spiro atoms. The van der Waals surface area contributed by atoms with E-state index in [4.69, 9.17) is 9.47 Å². The summed E-state index contributed by atoms with van der Waals surface area (Å²) in [7, 11) is 0. The normalized spacial score (nSPS) is 19.4. The van der Waals surface area contributed by atoms with Crippen LogP contribution in [0.2, 0.25) is 0 Å². The first-order valence-corrected chi connectivity index (χ1v) is 8.20. The van der Waals surface area contributed by atoms with Crippen molar-refractivity contribution in [3.8, 4) is 5.75 Å². The van der Waals surface area contributed by atoms with Crippen LogP contribution in [-0.2, 0) is 4.74 Å². The number of benzene rings is 1. The Morgan fingerprint density at radius 3 is 3.20 bits per heavy atom. The van der Waals surface area contributed by atoms with Crippen molar-refractivity contribution in [2.45, 2.75) is 37.4 Å². The molecule has 1 atom stereocenters. The highest BCUT2D eigenvalue weighted by Crippen LogP contribution is 2.25. The average molecular weight is 292 g/mol. The average Bonchev–Trinajstić information content (AvgIpc) is 2.89. The second kappa shape index (κ2) is 6.50. The second-order valence-corrected chi connectivity index (χ2v) is 5.96. The van der Waals surface area contributed by atoms with Crippen LogP contribution < -0.4 is 4.74 Å². The van der Waals surface area contributed by atoms with Gasteiger partial charge in [-0.3, -0.25) is 0 Å². The fourth-order valence-corrected chi connectivity index (χ4v) is 3.35. The monoisotopic (exact) mass is 292 g/mol. The van der Waals surface area contributed by atoms with Gasteiger partial charge in [-0.25, -0.2) is 4.98 Å². The Labute approximate surface area is 123 Å². The number of nitrogens with zero attached hydrogens (tertiary/aromatic N) is 1. The number of hydrogen-bond donors (Lipinski definition) is 1. The lowest BCUT2D eigenvalue weighted by Crippen LogP contribution is -2.21. The molecule has 1 aliphatic rings. The maximum atomic E-state index is 5.74. The zero-order valence-electron chi connectivity index (χ0n) is 11.7. The number of aromatic nitrogens is 2. The van der Waals surface area contributed by atoms with Gasteiger partial charge in [0.05, 0.1) is 23.7 Å². The van der Waals surface area contributed by atoms with E-state index in [1.807, 2.05) is 25.1 Å². The first-order valence-electron chi connectivity index (χ1n) is 7.22. The molecule has 0 saturated carbocycles. The minimum Gasteiger partial charge on any atom is -0.494 e. The van der Waals surface area contributed by atoms with Gasteiger partial charge < -0.3 is 14.5 Å². The molecule has 1 saturated heterocycles. The molecule has 20 heavy (non-hydrogen) atoms. The van der Waals surface area contributed by atoms with Gasteiger partial charge in [-0.05, 0) is 38.3 Å². The molecule has 1 aromatic heterocycles. The van der Waals surface area contributed by atoms with Crippen LogP contribution in [0, 0.1) is 0 Å². The molecular weight excluding hydrogens is 272 g/mol. The molecule has 0 bridgehead atoms. The van der Waals surface area contributed by atoms with E-state index in [0.717, 1.165) is 34.3 Å². The van der Waals surface area contributed by atoms with Crippen molar-refractivity contribution in [3.63, 3.8) is 0 Å². The van der Waals surface area contributed by atoms with Crippen LogP contribution in [0.5, 0.6) is 5.75 Å². The SMILES string of the molecule is CCOc1ccc2nc(SC[C@H]3CCCCO3)[nH]c2c1. The summed E-state index contributed by atoms with van der Waals surface area (Å²) in [4.78, 5) is 7.94. The summed E-state index contributed by atoms with van der Waals surface area (Å²) in [6, 6.07) is 5.97. The van der Waals surface area contributed by atoms with E-state index < -0.39 is 0 Å². The number of aromatic amines is 1. The van der Waals surface area contributed by atoms with Crippen LogP contribution in [-0.4, -0.2) is 35.0 Å². The number of imidazole rings is 1. The summed E-state index contributed by atoms with van der Waals surface area (Å²) in [5, 5.41) is 0.961. The van der Waals surface area contributed by atoms with Crippen LogP contribution >= 0.6 is 11.8 Å². The van der Waals surface area contributed by atoms with E-state index in [1.165, 1.54) is 19.3 Å². The number of nitrogens with one attached hydrogen (secondary N) is 1. The van der Waals surface area contributed by atoms with Gasteiger partial charge in [0.2, 0.25) is 0 Å².